The van der Waals surface area contributed by atoms with Gasteiger partial charge in [-0.25, -0.2) is 4.98 Å². The standard InChI is InChI=1S/C17H22N2O2/c1-4-11(2)10-21-16-17(20)19-9-8-12(3)13-6-5-7-14(18-16)15(13)19/h5-7,11-12H,4,8-10H2,1-3H3. The number of hydrogen-bond acceptors (Lipinski definition) is 3. The maximum Gasteiger partial charge on any atom is 0.313 e. The van der Waals surface area contributed by atoms with E-state index in [4.69, 9.17) is 4.74 Å². The largest absolute Gasteiger partial charge is 0.473 e. The van der Waals surface area contributed by atoms with Gasteiger partial charge in [0.15, 0.2) is 0 Å². The maximum atomic E-state index is 12.6. The second kappa shape index (κ2) is 5.51. The molecule has 2 aromatic rings. The van der Waals surface area contributed by atoms with Crippen molar-refractivity contribution in [3.63, 3.8) is 0 Å². The Morgan fingerprint density at radius 2 is 2.29 bits per heavy atom. The Kier molecular flexibility index (Phi) is 3.70. The minimum absolute atomic E-state index is 0.0925. The fourth-order valence-corrected chi connectivity index (χ4v) is 2.83. The third-order valence-corrected chi connectivity index (χ3v) is 4.48. The van der Waals surface area contributed by atoms with Crippen LogP contribution in [0.25, 0.3) is 11.0 Å². The molecule has 0 radical (unpaired) electrons. The van der Waals surface area contributed by atoms with Crippen LogP contribution in [0.2, 0.25) is 0 Å². The predicted molar refractivity (Wildman–Crippen MR) is 84.0 cm³/mol. The van der Waals surface area contributed by atoms with Crippen LogP contribution in [0.15, 0.2) is 23.0 Å². The molecule has 112 valence electrons. The zero-order valence-electron chi connectivity index (χ0n) is 12.9. The maximum absolute atomic E-state index is 12.6. The number of aromatic nitrogens is 2. The quantitative estimate of drug-likeness (QED) is 0.866. The molecule has 1 aromatic heterocycles. The lowest BCUT2D eigenvalue weighted by molar-refractivity contribution is 0.243. The SMILES string of the molecule is CCC(C)COc1nc2cccc3c2n(c1=O)CCC3C. The molecule has 1 aliphatic heterocycles. The summed E-state index contributed by atoms with van der Waals surface area (Å²) in [4.78, 5) is 17.0. The van der Waals surface area contributed by atoms with E-state index in [-0.39, 0.29) is 11.4 Å². The summed E-state index contributed by atoms with van der Waals surface area (Å²) < 4.78 is 7.52. The summed E-state index contributed by atoms with van der Waals surface area (Å²) in [6, 6.07) is 6.08. The van der Waals surface area contributed by atoms with Crippen LogP contribution in [0, 0.1) is 5.92 Å². The van der Waals surface area contributed by atoms with E-state index in [2.05, 4.69) is 31.8 Å². The van der Waals surface area contributed by atoms with Gasteiger partial charge in [0.1, 0.15) is 0 Å². The highest BCUT2D eigenvalue weighted by atomic mass is 16.5. The van der Waals surface area contributed by atoms with Crippen LogP contribution in [0.5, 0.6) is 5.88 Å². The van der Waals surface area contributed by atoms with Crippen LogP contribution in [-0.2, 0) is 6.54 Å². The zero-order valence-corrected chi connectivity index (χ0v) is 12.9. The molecule has 0 amide bonds. The molecule has 1 aliphatic rings. The first-order valence-corrected chi connectivity index (χ1v) is 7.78. The van der Waals surface area contributed by atoms with Crippen molar-refractivity contribution in [2.45, 2.75) is 46.1 Å². The van der Waals surface area contributed by atoms with Crippen LogP contribution < -0.4 is 10.3 Å². The molecule has 2 heterocycles. The average molecular weight is 286 g/mol. The first-order valence-electron chi connectivity index (χ1n) is 7.78. The fraction of sp³-hybridized carbons (Fsp3) is 0.529. The third kappa shape index (κ3) is 2.43. The molecule has 3 rings (SSSR count). The van der Waals surface area contributed by atoms with Gasteiger partial charge < -0.3 is 9.30 Å². The number of aryl methyl sites for hydroxylation is 1. The van der Waals surface area contributed by atoms with Crippen molar-refractivity contribution in [2.24, 2.45) is 5.92 Å². The van der Waals surface area contributed by atoms with Gasteiger partial charge in [-0.15, -0.1) is 0 Å². The van der Waals surface area contributed by atoms with Crippen molar-refractivity contribution in [3.8, 4) is 5.88 Å². The molecule has 1 aromatic carbocycles. The topological polar surface area (TPSA) is 44.1 Å². The molecule has 0 fully saturated rings. The van der Waals surface area contributed by atoms with Crippen molar-refractivity contribution in [3.05, 3.63) is 34.1 Å². The summed E-state index contributed by atoms with van der Waals surface area (Å²) >= 11 is 0. The lowest BCUT2D eigenvalue weighted by atomic mass is 9.93. The Morgan fingerprint density at radius 1 is 1.48 bits per heavy atom. The minimum atomic E-state index is -0.0925. The lowest BCUT2D eigenvalue weighted by Gasteiger charge is -2.24. The fourth-order valence-electron chi connectivity index (χ4n) is 2.83. The predicted octanol–water partition coefficient (Wildman–Crippen LogP) is 3.33. The second-order valence-electron chi connectivity index (χ2n) is 6.10. The van der Waals surface area contributed by atoms with E-state index in [0.29, 0.717) is 18.4 Å². The highest BCUT2D eigenvalue weighted by Crippen LogP contribution is 2.31. The van der Waals surface area contributed by atoms with Crippen LogP contribution in [0.1, 0.15) is 45.1 Å². The molecular formula is C17H22N2O2. The first-order chi connectivity index (χ1) is 10.1. The summed E-state index contributed by atoms with van der Waals surface area (Å²) in [7, 11) is 0. The van der Waals surface area contributed by atoms with Crippen molar-refractivity contribution in [2.75, 3.05) is 6.61 Å². The Morgan fingerprint density at radius 3 is 3.05 bits per heavy atom. The Bertz CT molecular complexity index is 721. The number of ether oxygens (including phenoxy) is 1. The van der Waals surface area contributed by atoms with Crippen molar-refractivity contribution < 1.29 is 4.74 Å². The van der Waals surface area contributed by atoms with E-state index in [1.165, 1.54) is 5.56 Å². The normalized spacial score (nSPS) is 18.7. The molecule has 4 heteroatoms. The van der Waals surface area contributed by atoms with Crippen molar-refractivity contribution in [1.82, 2.24) is 9.55 Å². The van der Waals surface area contributed by atoms with E-state index in [1.54, 1.807) is 0 Å². The minimum Gasteiger partial charge on any atom is -0.473 e. The van der Waals surface area contributed by atoms with Gasteiger partial charge in [0, 0.05) is 6.54 Å². The van der Waals surface area contributed by atoms with Crippen molar-refractivity contribution in [1.29, 1.82) is 0 Å². The Balaban J connectivity index is 2.10. The van der Waals surface area contributed by atoms with Crippen LogP contribution in [0.3, 0.4) is 0 Å². The van der Waals surface area contributed by atoms with Gasteiger partial charge in [-0.2, -0.15) is 0 Å². The van der Waals surface area contributed by atoms with E-state index in [1.807, 2.05) is 16.7 Å². The lowest BCUT2D eigenvalue weighted by Crippen LogP contribution is -2.28. The summed E-state index contributed by atoms with van der Waals surface area (Å²) in [5.74, 6) is 1.14. The molecule has 21 heavy (non-hydrogen) atoms. The van der Waals surface area contributed by atoms with Gasteiger partial charge in [-0.3, -0.25) is 4.79 Å². The van der Waals surface area contributed by atoms with E-state index >= 15 is 0 Å². The molecule has 0 saturated heterocycles. The molecule has 0 bridgehead atoms. The van der Waals surface area contributed by atoms with Crippen LogP contribution >= 0.6 is 0 Å². The summed E-state index contributed by atoms with van der Waals surface area (Å²) in [5.41, 5.74) is 2.97. The Hall–Kier alpha value is -1.84. The summed E-state index contributed by atoms with van der Waals surface area (Å²) in [6.07, 6.45) is 2.02. The monoisotopic (exact) mass is 286 g/mol. The van der Waals surface area contributed by atoms with Gasteiger partial charge in [-0.1, -0.05) is 39.3 Å². The molecule has 0 N–H and O–H groups in total. The van der Waals surface area contributed by atoms with E-state index in [9.17, 15) is 4.79 Å². The van der Waals surface area contributed by atoms with Gasteiger partial charge in [0.25, 0.3) is 5.88 Å². The number of nitrogens with zero attached hydrogens (tertiary/aromatic N) is 2. The molecule has 2 unspecified atom stereocenters. The molecule has 0 saturated carbocycles. The van der Waals surface area contributed by atoms with Gasteiger partial charge >= 0.3 is 5.56 Å². The summed E-state index contributed by atoms with van der Waals surface area (Å²) in [5, 5.41) is 0. The van der Waals surface area contributed by atoms with Gasteiger partial charge in [0.05, 0.1) is 17.6 Å². The van der Waals surface area contributed by atoms with E-state index in [0.717, 1.165) is 30.4 Å². The number of hydrogen-bond donors (Lipinski definition) is 0. The number of benzene rings is 1. The number of rotatable bonds is 4. The van der Waals surface area contributed by atoms with Crippen LogP contribution in [-0.4, -0.2) is 16.2 Å². The highest BCUT2D eigenvalue weighted by Gasteiger charge is 2.22. The number of para-hydroxylation sites is 1. The highest BCUT2D eigenvalue weighted by molar-refractivity contribution is 5.80. The first kappa shape index (κ1) is 14.1. The van der Waals surface area contributed by atoms with Gasteiger partial charge in [-0.05, 0) is 29.9 Å². The zero-order chi connectivity index (χ0) is 15.0. The molecule has 0 aliphatic carbocycles. The van der Waals surface area contributed by atoms with E-state index < -0.39 is 0 Å². The molecule has 4 nitrogen and oxygen atoms in total. The van der Waals surface area contributed by atoms with Crippen molar-refractivity contribution >= 4 is 11.0 Å². The van der Waals surface area contributed by atoms with Crippen LogP contribution in [0.4, 0.5) is 0 Å². The Labute approximate surface area is 124 Å². The third-order valence-electron chi connectivity index (χ3n) is 4.48. The smallest absolute Gasteiger partial charge is 0.313 e. The summed E-state index contributed by atoms with van der Waals surface area (Å²) in [6.45, 7) is 7.72. The molecule has 0 spiro atoms. The molecule has 2 atom stereocenters. The second-order valence-corrected chi connectivity index (χ2v) is 6.10. The molecular weight excluding hydrogens is 264 g/mol. The average Bonchev–Trinajstić information content (AvgIpc) is 2.50. The van der Waals surface area contributed by atoms with Gasteiger partial charge in [0.2, 0.25) is 0 Å².